The van der Waals surface area contributed by atoms with E-state index in [4.69, 9.17) is 0 Å². The molecule has 26 heavy (non-hydrogen) atoms. The van der Waals surface area contributed by atoms with Gasteiger partial charge in [0, 0.05) is 33.6 Å². The Balaban J connectivity index is 1.60. The number of hydrogen-bond acceptors (Lipinski definition) is 2. The lowest BCUT2D eigenvalue weighted by molar-refractivity contribution is 0.0992. The molecule has 0 atom stereocenters. The molecular weight excluding hydrogens is 388 g/mol. The van der Waals surface area contributed by atoms with E-state index in [9.17, 15) is 4.79 Å². The summed E-state index contributed by atoms with van der Waals surface area (Å²) in [6, 6.07) is 14.0. The molecule has 1 aliphatic heterocycles. The van der Waals surface area contributed by atoms with Gasteiger partial charge in [-0.05, 0) is 68.2 Å². The number of hydrogen-bond donors (Lipinski definition) is 1. The highest BCUT2D eigenvalue weighted by Gasteiger charge is 2.21. The third kappa shape index (κ3) is 3.49. The van der Waals surface area contributed by atoms with Crippen LogP contribution in [0, 0.1) is 0 Å². The number of halogens is 1. The van der Waals surface area contributed by atoms with Gasteiger partial charge in [-0.3, -0.25) is 4.79 Å². The number of nitrogens with zero attached hydrogens (tertiary/aromatic N) is 1. The van der Waals surface area contributed by atoms with Crippen LogP contribution >= 0.6 is 15.9 Å². The van der Waals surface area contributed by atoms with E-state index in [-0.39, 0.29) is 5.78 Å². The average Bonchev–Trinajstić information content (AvgIpc) is 3.06. The van der Waals surface area contributed by atoms with Gasteiger partial charge in [-0.1, -0.05) is 40.2 Å². The zero-order chi connectivity index (χ0) is 18.1. The van der Waals surface area contributed by atoms with Crippen molar-refractivity contribution in [3.05, 3.63) is 69.8 Å². The van der Waals surface area contributed by atoms with Crippen LogP contribution in [0.15, 0.2) is 53.1 Å². The number of fused-ring (bicyclic) bond motifs is 1. The Hall–Kier alpha value is -1.91. The van der Waals surface area contributed by atoms with Crippen LogP contribution in [0.5, 0.6) is 0 Å². The Bertz CT molecular complexity index is 938. The van der Waals surface area contributed by atoms with E-state index >= 15 is 0 Å². The highest BCUT2D eigenvalue weighted by atomic mass is 79.9. The molecule has 2 heterocycles. The number of rotatable bonds is 4. The quantitative estimate of drug-likeness (QED) is 0.602. The van der Waals surface area contributed by atoms with Crippen LogP contribution in [0.25, 0.3) is 10.9 Å². The zero-order valence-corrected chi connectivity index (χ0v) is 16.6. The van der Waals surface area contributed by atoms with Gasteiger partial charge in [0.1, 0.15) is 0 Å². The maximum atomic E-state index is 12.7. The zero-order valence-electron chi connectivity index (χ0n) is 15.0. The molecule has 1 aliphatic rings. The maximum absolute atomic E-state index is 12.7. The number of piperidine rings is 1. The first-order chi connectivity index (χ1) is 12.6. The van der Waals surface area contributed by atoms with Crippen molar-refractivity contribution in [1.82, 2.24) is 9.88 Å². The van der Waals surface area contributed by atoms with E-state index in [2.05, 4.69) is 57.3 Å². The molecule has 4 rings (SSSR count). The van der Waals surface area contributed by atoms with Crippen molar-refractivity contribution in [2.75, 3.05) is 20.1 Å². The molecule has 1 fully saturated rings. The number of carbonyl (C=O) groups is 1. The van der Waals surface area contributed by atoms with E-state index in [0.717, 1.165) is 34.2 Å². The first-order valence-electron chi connectivity index (χ1n) is 9.18. The average molecular weight is 411 g/mol. The minimum absolute atomic E-state index is 0.146. The largest absolute Gasteiger partial charge is 0.361 e. The number of ketones is 1. The number of benzene rings is 2. The van der Waals surface area contributed by atoms with E-state index in [1.165, 1.54) is 23.8 Å². The second-order valence-electron chi connectivity index (χ2n) is 7.28. The van der Waals surface area contributed by atoms with Crippen LogP contribution in [0.4, 0.5) is 0 Å². The molecule has 4 heteroatoms. The number of Topliss-reactive ketones (excluding diaryl/α,β-unsaturated/α-hetero) is 1. The fraction of sp³-hybridized carbons (Fsp3) is 0.318. The van der Waals surface area contributed by atoms with Gasteiger partial charge in [0.05, 0.1) is 0 Å². The summed E-state index contributed by atoms with van der Waals surface area (Å²) >= 11 is 3.48. The first kappa shape index (κ1) is 17.5. The molecule has 1 saturated heterocycles. The number of nitrogens with one attached hydrogen (secondary N) is 1. The number of H-pyrrole nitrogens is 1. The summed E-state index contributed by atoms with van der Waals surface area (Å²) < 4.78 is 0.861. The molecule has 3 aromatic rings. The fourth-order valence-corrected chi connectivity index (χ4v) is 4.43. The summed E-state index contributed by atoms with van der Waals surface area (Å²) in [4.78, 5) is 18.5. The standard InChI is InChI=1S/C22H23BrN2O/c1-25-10-8-16(9-11-25)19-14-24-21-7-6-15(12-18(19)21)13-22(26)17-4-2-3-5-20(17)23/h2-7,12,14,16,24H,8-11,13H2,1H3. The fourth-order valence-electron chi connectivity index (χ4n) is 3.92. The van der Waals surface area contributed by atoms with Gasteiger partial charge in [0.25, 0.3) is 0 Å². The molecule has 0 unspecified atom stereocenters. The van der Waals surface area contributed by atoms with Crippen molar-refractivity contribution < 1.29 is 4.79 Å². The Labute approximate surface area is 162 Å². The maximum Gasteiger partial charge on any atom is 0.168 e. The lowest BCUT2D eigenvalue weighted by Gasteiger charge is -2.28. The van der Waals surface area contributed by atoms with Gasteiger partial charge in [-0.15, -0.1) is 0 Å². The van der Waals surface area contributed by atoms with Crippen molar-refractivity contribution in [2.45, 2.75) is 25.2 Å². The molecule has 3 nitrogen and oxygen atoms in total. The molecule has 1 N–H and O–H groups in total. The van der Waals surface area contributed by atoms with Gasteiger partial charge < -0.3 is 9.88 Å². The van der Waals surface area contributed by atoms with Crippen LogP contribution in [-0.4, -0.2) is 35.8 Å². The molecular formula is C22H23BrN2O. The number of likely N-dealkylation sites (tertiary alicyclic amines) is 1. The second-order valence-corrected chi connectivity index (χ2v) is 8.14. The molecule has 0 bridgehead atoms. The van der Waals surface area contributed by atoms with Gasteiger partial charge in [-0.2, -0.15) is 0 Å². The van der Waals surface area contributed by atoms with Gasteiger partial charge in [0.15, 0.2) is 5.78 Å². The monoisotopic (exact) mass is 410 g/mol. The van der Waals surface area contributed by atoms with Crippen LogP contribution in [0.3, 0.4) is 0 Å². The Kier molecular flexibility index (Phi) is 4.96. The van der Waals surface area contributed by atoms with E-state index < -0.39 is 0 Å². The number of carbonyl (C=O) groups excluding carboxylic acids is 1. The van der Waals surface area contributed by atoms with Crippen LogP contribution in [-0.2, 0) is 6.42 Å². The highest BCUT2D eigenvalue weighted by Crippen LogP contribution is 2.33. The minimum Gasteiger partial charge on any atom is -0.361 e. The smallest absolute Gasteiger partial charge is 0.168 e. The molecule has 0 saturated carbocycles. The summed E-state index contributed by atoms with van der Waals surface area (Å²) in [6.07, 6.45) is 4.99. The molecule has 0 aliphatic carbocycles. The summed E-state index contributed by atoms with van der Waals surface area (Å²) in [5.41, 5.74) is 4.39. The summed E-state index contributed by atoms with van der Waals surface area (Å²) in [7, 11) is 2.19. The van der Waals surface area contributed by atoms with E-state index in [1.807, 2.05) is 24.3 Å². The number of aromatic amines is 1. The van der Waals surface area contributed by atoms with Crippen molar-refractivity contribution in [3.63, 3.8) is 0 Å². The van der Waals surface area contributed by atoms with E-state index in [0.29, 0.717) is 12.3 Å². The first-order valence-corrected chi connectivity index (χ1v) is 9.97. The summed E-state index contributed by atoms with van der Waals surface area (Å²) in [5, 5.41) is 1.27. The Morgan fingerprint density at radius 3 is 2.73 bits per heavy atom. The molecule has 0 spiro atoms. The highest BCUT2D eigenvalue weighted by molar-refractivity contribution is 9.10. The van der Waals surface area contributed by atoms with Gasteiger partial charge >= 0.3 is 0 Å². The van der Waals surface area contributed by atoms with Crippen molar-refractivity contribution >= 4 is 32.6 Å². The third-order valence-corrected chi connectivity index (χ3v) is 6.17. The molecule has 134 valence electrons. The van der Waals surface area contributed by atoms with Gasteiger partial charge in [-0.25, -0.2) is 0 Å². The van der Waals surface area contributed by atoms with E-state index in [1.54, 1.807) is 0 Å². The summed E-state index contributed by atoms with van der Waals surface area (Å²) in [6.45, 7) is 2.30. The van der Waals surface area contributed by atoms with Crippen molar-refractivity contribution in [2.24, 2.45) is 0 Å². The molecule has 0 amide bonds. The topological polar surface area (TPSA) is 36.1 Å². The molecule has 2 aromatic carbocycles. The van der Waals surface area contributed by atoms with Gasteiger partial charge in [0.2, 0.25) is 0 Å². The van der Waals surface area contributed by atoms with Crippen molar-refractivity contribution in [1.29, 1.82) is 0 Å². The molecule has 0 radical (unpaired) electrons. The molecule has 1 aromatic heterocycles. The lowest BCUT2D eigenvalue weighted by Crippen LogP contribution is -2.29. The Morgan fingerprint density at radius 2 is 1.96 bits per heavy atom. The Morgan fingerprint density at radius 1 is 1.19 bits per heavy atom. The minimum atomic E-state index is 0.146. The number of aromatic nitrogens is 1. The lowest BCUT2D eigenvalue weighted by atomic mass is 9.89. The van der Waals surface area contributed by atoms with Crippen LogP contribution in [0.2, 0.25) is 0 Å². The van der Waals surface area contributed by atoms with Crippen molar-refractivity contribution in [3.8, 4) is 0 Å². The normalized spacial score (nSPS) is 16.2. The second kappa shape index (κ2) is 7.37. The predicted octanol–water partition coefficient (Wildman–Crippen LogP) is 5.17. The SMILES string of the molecule is CN1CCC(c2c[nH]c3ccc(CC(=O)c4ccccc4Br)cc23)CC1. The predicted molar refractivity (Wildman–Crippen MR) is 110 cm³/mol. The third-order valence-electron chi connectivity index (χ3n) is 5.48. The van der Waals surface area contributed by atoms with Crippen LogP contribution in [0.1, 0.15) is 40.2 Å². The summed E-state index contributed by atoms with van der Waals surface area (Å²) in [5.74, 6) is 0.752. The van der Waals surface area contributed by atoms with Crippen LogP contribution < -0.4 is 0 Å².